The van der Waals surface area contributed by atoms with E-state index < -0.39 is 0 Å². The van der Waals surface area contributed by atoms with Crippen LogP contribution in [0.15, 0.2) is 23.6 Å². The SMILES string of the molecule is COc1c(C(NN)c2sccc2Cl)ccc(C)c1C. The fourth-order valence-corrected chi connectivity index (χ4v) is 3.37. The highest BCUT2D eigenvalue weighted by Gasteiger charge is 2.22. The quantitative estimate of drug-likeness (QED) is 0.670. The Labute approximate surface area is 122 Å². The zero-order valence-corrected chi connectivity index (χ0v) is 12.7. The lowest BCUT2D eigenvalue weighted by molar-refractivity contribution is 0.401. The molecule has 0 radical (unpaired) electrons. The van der Waals surface area contributed by atoms with E-state index >= 15 is 0 Å². The number of methoxy groups -OCH3 is 1. The summed E-state index contributed by atoms with van der Waals surface area (Å²) in [7, 11) is 1.68. The monoisotopic (exact) mass is 296 g/mol. The Morgan fingerprint density at radius 2 is 2.05 bits per heavy atom. The Morgan fingerprint density at radius 3 is 2.58 bits per heavy atom. The second-order valence-electron chi connectivity index (χ2n) is 4.36. The van der Waals surface area contributed by atoms with Gasteiger partial charge in [-0.25, -0.2) is 5.43 Å². The molecule has 0 saturated carbocycles. The molecule has 1 aromatic carbocycles. The summed E-state index contributed by atoms with van der Waals surface area (Å²) in [6.07, 6.45) is 0. The maximum Gasteiger partial charge on any atom is 0.127 e. The van der Waals surface area contributed by atoms with E-state index in [1.807, 2.05) is 24.4 Å². The number of hydrogen-bond acceptors (Lipinski definition) is 4. The van der Waals surface area contributed by atoms with E-state index in [-0.39, 0.29) is 6.04 Å². The first-order chi connectivity index (χ1) is 9.10. The first kappa shape index (κ1) is 14.3. The van der Waals surface area contributed by atoms with E-state index in [0.29, 0.717) is 5.02 Å². The first-order valence-corrected chi connectivity index (χ1v) is 7.19. The van der Waals surface area contributed by atoms with Crippen molar-refractivity contribution in [3.8, 4) is 5.75 Å². The number of benzene rings is 1. The van der Waals surface area contributed by atoms with Gasteiger partial charge in [-0.2, -0.15) is 0 Å². The molecule has 102 valence electrons. The summed E-state index contributed by atoms with van der Waals surface area (Å²) in [5.41, 5.74) is 6.13. The van der Waals surface area contributed by atoms with Gasteiger partial charge in [-0.3, -0.25) is 5.84 Å². The summed E-state index contributed by atoms with van der Waals surface area (Å²) in [6, 6.07) is 5.81. The molecule has 19 heavy (non-hydrogen) atoms. The van der Waals surface area contributed by atoms with Crippen molar-refractivity contribution >= 4 is 22.9 Å². The van der Waals surface area contributed by atoms with Crippen LogP contribution in [0.1, 0.15) is 27.6 Å². The lowest BCUT2D eigenvalue weighted by atomic mass is 9.98. The van der Waals surface area contributed by atoms with Gasteiger partial charge in [0.2, 0.25) is 0 Å². The third kappa shape index (κ3) is 2.62. The molecule has 1 atom stereocenters. The number of halogens is 1. The molecular weight excluding hydrogens is 280 g/mol. The van der Waals surface area contributed by atoms with Gasteiger partial charge in [0.15, 0.2) is 0 Å². The Balaban J connectivity index is 2.56. The van der Waals surface area contributed by atoms with E-state index in [1.54, 1.807) is 18.4 Å². The number of hydrogen-bond donors (Lipinski definition) is 2. The van der Waals surface area contributed by atoms with Gasteiger partial charge in [0.1, 0.15) is 5.75 Å². The molecule has 2 rings (SSSR count). The summed E-state index contributed by atoms with van der Waals surface area (Å²) in [4.78, 5) is 0.991. The molecule has 0 aliphatic heterocycles. The summed E-state index contributed by atoms with van der Waals surface area (Å²) < 4.78 is 5.54. The van der Waals surface area contributed by atoms with Crippen LogP contribution in [0, 0.1) is 13.8 Å². The molecule has 1 unspecified atom stereocenters. The van der Waals surface area contributed by atoms with Crippen LogP contribution in [-0.2, 0) is 0 Å². The van der Waals surface area contributed by atoms with Crippen LogP contribution in [0.2, 0.25) is 5.02 Å². The normalized spacial score (nSPS) is 12.5. The molecule has 3 nitrogen and oxygen atoms in total. The van der Waals surface area contributed by atoms with Crippen molar-refractivity contribution in [2.24, 2.45) is 5.84 Å². The summed E-state index contributed by atoms with van der Waals surface area (Å²) in [5.74, 6) is 6.57. The number of nitrogens with one attached hydrogen (secondary N) is 1. The van der Waals surface area contributed by atoms with E-state index in [1.165, 1.54) is 5.56 Å². The predicted octanol–water partition coefficient (Wildman–Crippen LogP) is 3.58. The van der Waals surface area contributed by atoms with Gasteiger partial charge in [-0.05, 0) is 36.4 Å². The largest absolute Gasteiger partial charge is 0.496 e. The Kier molecular flexibility index (Phi) is 4.47. The molecule has 0 amide bonds. The van der Waals surface area contributed by atoms with Gasteiger partial charge in [0.25, 0.3) is 0 Å². The fraction of sp³-hybridized carbons (Fsp3) is 0.286. The minimum Gasteiger partial charge on any atom is -0.496 e. The Bertz CT molecular complexity index is 583. The lowest BCUT2D eigenvalue weighted by Gasteiger charge is -2.21. The van der Waals surface area contributed by atoms with Gasteiger partial charge in [0.05, 0.1) is 18.2 Å². The highest BCUT2D eigenvalue weighted by Crippen LogP contribution is 2.38. The molecule has 2 aromatic rings. The molecule has 0 aliphatic carbocycles. The molecule has 0 bridgehead atoms. The van der Waals surface area contributed by atoms with Gasteiger partial charge in [-0.15, -0.1) is 11.3 Å². The van der Waals surface area contributed by atoms with Crippen molar-refractivity contribution in [1.29, 1.82) is 0 Å². The number of rotatable bonds is 4. The predicted molar refractivity (Wildman–Crippen MR) is 81.0 cm³/mol. The van der Waals surface area contributed by atoms with Crippen LogP contribution in [0.3, 0.4) is 0 Å². The number of nitrogens with two attached hydrogens (primary N) is 1. The standard InChI is InChI=1S/C14H17ClN2OS/c1-8-4-5-10(13(18-3)9(8)2)12(17-16)14-11(15)6-7-19-14/h4-7,12,17H,16H2,1-3H3. The second-order valence-corrected chi connectivity index (χ2v) is 5.72. The second kappa shape index (κ2) is 5.92. The molecule has 0 saturated heterocycles. The summed E-state index contributed by atoms with van der Waals surface area (Å²) in [6.45, 7) is 4.10. The zero-order chi connectivity index (χ0) is 14.0. The molecule has 1 heterocycles. The molecule has 0 aliphatic rings. The van der Waals surface area contributed by atoms with E-state index in [0.717, 1.165) is 21.8 Å². The van der Waals surface area contributed by atoms with Crippen LogP contribution in [0.4, 0.5) is 0 Å². The number of ether oxygens (including phenoxy) is 1. The van der Waals surface area contributed by atoms with Crippen LogP contribution >= 0.6 is 22.9 Å². The van der Waals surface area contributed by atoms with Crippen LogP contribution in [-0.4, -0.2) is 7.11 Å². The molecule has 3 N–H and O–H groups in total. The third-order valence-electron chi connectivity index (χ3n) is 3.30. The molecular formula is C14H17ClN2OS. The Morgan fingerprint density at radius 1 is 1.32 bits per heavy atom. The first-order valence-electron chi connectivity index (χ1n) is 5.93. The smallest absolute Gasteiger partial charge is 0.127 e. The minimum absolute atomic E-state index is 0.165. The van der Waals surface area contributed by atoms with E-state index in [4.69, 9.17) is 22.2 Å². The van der Waals surface area contributed by atoms with Crippen molar-refractivity contribution in [2.45, 2.75) is 19.9 Å². The number of hydrazine groups is 1. The van der Waals surface area contributed by atoms with Crippen LogP contribution in [0.25, 0.3) is 0 Å². The molecule has 5 heteroatoms. The van der Waals surface area contributed by atoms with Crippen molar-refractivity contribution in [3.05, 3.63) is 50.2 Å². The average Bonchev–Trinajstić information content (AvgIpc) is 2.81. The number of thiophene rings is 1. The Hall–Kier alpha value is -1.07. The van der Waals surface area contributed by atoms with E-state index in [2.05, 4.69) is 18.4 Å². The van der Waals surface area contributed by atoms with Crippen molar-refractivity contribution in [2.75, 3.05) is 7.11 Å². The average molecular weight is 297 g/mol. The van der Waals surface area contributed by atoms with Crippen LogP contribution < -0.4 is 16.0 Å². The van der Waals surface area contributed by atoms with Crippen molar-refractivity contribution in [3.63, 3.8) is 0 Å². The summed E-state index contributed by atoms with van der Waals surface area (Å²) in [5, 5.41) is 2.67. The summed E-state index contributed by atoms with van der Waals surface area (Å²) >= 11 is 7.78. The van der Waals surface area contributed by atoms with Crippen molar-refractivity contribution < 1.29 is 4.74 Å². The molecule has 0 spiro atoms. The number of aryl methyl sites for hydroxylation is 1. The van der Waals surface area contributed by atoms with Gasteiger partial charge in [0, 0.05) is 10.4 Å². The topological polar surface area (TPSA) is 47.3 Å². The van der Waals surface area contributed by atoms with Gasteiger partial charge < -0.3 is 4.74 Å². The highest BCUT2D eigenvalue weighted by atomic mass is 35.5. The molecule has 1 aromatic heterocycles. The maximum absolute atomic E-state index is 6.20. The van der Waals surface area contributed by atoms with Crippen molar-refractivity contribution in [1.82, 2.24) is 5.43 Å². The molecule has 0 fully saturated rings. The van der Waals surface area contributed by atoms with Gasteiger partial charge >= 0.3 is 0 Å². The minimum atomic E-state index is -0.165. The van der Waals surface area contributed by atoms with E-state index in [9.17, 15) is 0 Å². The third-order valence-corrected chi connectivity index (χ3v) is 4.72. The van der Waals surface area contributed by atoms with Crippen LogP contribution in [0.5, 0.6) is 5.75 Å². The fourth-order valence-electron chi connectivity index (χ4n) is 2.13. The zero-order valence-electron chi connectivity index (χ0n) is 11.2. The highest BCUT2D eigenvalue weighted by molar-refractivity contribution is 7.10. The van der Waals surface area contributed by atoms with Gasteiger partial charge in [-0.1, -0.05) is 23.7 Å². The lowest BCUT2D eigenvalue weighted by Crippen LogP contribution is -2.29. The maximum atomic E-state index is 6.20.